The molecule has 0 unspecified atom stereocenters. The topological polar surface area (TPSA) is 98.8 Å². The second-order valence-corrected chi connectivity index (χ2v) is 3.22. The fraction of sp³-hybridized carbons (Fsp3) is 0.100. The number of carboxylic acid groups (broad SMARTS) is 1. The van der Waals surface area contributed by atoms with Gasteiger partial charge >= 0.3 is 5.97 Å². The van der Waals surface area contributed by atoms with Crippen LogP contribution >= 0.6 is 0 Å². The van der Waals surface area contributed by atoms with E-state index in [4.69, 9.17) is 5.11 Å². The van der Waals surface area contributed by atoms with Crippen LogP contribution in [0.2, 0.25) is 0 Å². The maximum atomic E-state index is 11.4. The molecule has 2 aromatic heterocycles. The zero-order chi connectivity index (χ0) is 11.5. The van der Waals surface area contributed by atoms with Gasteiger partial charge in [0.2, 0.25) is 0 Å². The van der Waals surface area contributed by atoms with Crippen molar-refractivity contribution in [3.05, 3.63) is 40.3 Å². The minimum absolute atomic E-state index is 0.186. The van der Waals surface area contributed by atoms with Gasteiger partial charge in [0.05, 0.1) is 23.4 Å². The number of nitrogens with one attached hydrogen (secondary N) is 2. The van der Waals surface area contributed by atoms with Gasteiger partial charge in [-0.1, -0.05) is 6.07 Å². The molecule has 0 saturated carbocycles. The molecule has 0 spiro atoms. The Bertz CT molecular complexity index is 556. The molecule has 6 nitrogen and oxygen atoms in total. The number of aromatic nitrogens is 3. The normalized spacial score (nSPS) is 10.2. The van der Waals surface area contributed by atoms with Crippen molar-refractivity contribution in [3.8, 4) is 11.4 Å². The number of H-pyrrole nitrogens is 2. The molecule has 2 rings (SSSR count). The number of rotatable bonds is 3. The van der Waals surface area contributed by atoms with Crippen LogP contribution in [0, 0.1) is 0 Å². The van der Waals surface area contributed by atoms with Gasteiger partial charge in [-0.3, -0.25) is 24.8 Å². The maximum absolute atomic E-state index is 11.4. The summed E-state index contributed by atoms with van der Waals surface area (Å²) in [6.07, 6.45) is 1.25. The average molecular weight is 219 g/mol. The number of carbonyl (C=O) groups is 1. The van der Waals surface area contributed by atoms with E-state index >= 15 is 0 Å². The molecule has 0 aromatic carbocycles. The van der Waals surface area contributed by atoms with Crippen molar-refractivity contribution in [3.63, 3.8) is 0 Å². The lowest BCUT2D eigenvalue weighted by Crippen LogP contribution is -2.11. The van der Waals surface area contributed by atoms with Crippen LogP contribution in [-0.4, -0.2) is 26.3 Å². The molecule has 0 fully saturated rings. The molecule has 3 N–H and O–H groups in total. The summed E-state index contributed by atoms with van der Waals surface area (Å²) in [5, 5.41) is 13.7. The molecule has 2 aromatic rings. The van der Waals surface area contributed by atoms with Gasteiger partial charge in [-0.05, 0) is 12.1 Å². The van der Waals surface area contributed by atoms with Crippen LogP contribution in [-0.2, 0) is 11.2 Å². The largest absolute Gasteiger partial charge is 0.481 e. The molecule has 0 aliphatic carbocycles. The van der Waals surface area contributed by atoms with E-state index in [-0.39, 0.29) is 12.0 Å². The number of carboxylic acids is 1. The summed E-state index contributed by atoms with van der Waals surface area (Å²) < 4.78 is 0. The predicted octanol–water partition coefficient (Wildman–Crippen LogP) is 0.392. The third kappa shape index (κ3) is 1.85. The van der Waals surface area contributed by atoms with Crippen LogP contribution in [0.5, 0.6) is 0 Å². The Morgan fingerprint density at radius 3 is 2.81 bits per heavy atom. The van der Waals surface area contributed by atoms with E-state index in [2.05, 4.69) is 15.2 Å². The molecule has 6 heteroatoms. The summed E-state index contributed by atoms with van der Waals surface area (Å²) in [7, 11) is 0. The molecule has 2 heterocycles. The van der Waals surface area contributed by atoms with Gasteiger partial charge in [0.15, 0.2) is 0 Å². The van der Waals surface area contributed by atoms with Crippen LogP contribution in [0.15, 0.2) is 29.2 Å². The van der Waals surface area contributed by atoms with Gasteiger partial charge in [0, 0.05) is 6.20 Å². The summed E-state index contributed by atoms with van der Waals surface area (Å²) in [6, 6.07) is 5.20. The van der Waals surface area contributed by atoms with E-state index in [0.29, 0.717) is 11.4 Å². The molecule has 0 amide bonds. The molecule has 0 aliphatic rings. The van der Waals surface area contributed by atoms with Crippen molar-refractivity contribution in [2.75, 3.05) is 0 Å². The minimum Gasteiger partial charge on any atom is -0.481 e. The van der Waals surface area contributed by atoms with Crippen LogP contribution in [0.4, 0.5) is 0 Å². The Morgan fingerprint density at radius 1 is 1.38 bits per heavy atom. The Kier molecular flexibility index (Phi) is 2.55. The first-order valence-corrected chi connectivity index (χ1v) is 4.61. The Labute approximate surface area is 90.0 Å². The van der Waals surface area contributed by atoms with Gasteiger partial charge in [-0.15, -0.1) is 0 Å². The molecule has 16 heavy (non-hydrogen) atoms. The van der Waals surface area contributed by atoms with E-state index in [1.165, 1.54) is 0 Å². The van der Waals surface area contributed by atoms with Crippen LogP contribution in [0.3, 0.4) is 0 Å². The molecular formula is C10H9N3O3. The van der Waals surface area contributed by atoms with E-state index < -0.39 is 11.5 Å². The van der Waals surface area contributed by atoms with Gasteiger partial charge in [0.25, 0.3) is 5.56 Å². The van der Waals surface area contributed by atoms with Gasteiger partial charge < -0.3 is 5.11 Å². The standard InChI is InChI=1S/C10H9N3O3/c14-8(15)5-6-9(12-13-10(6)16)7-3-1-2-4-11-7/h1-4H,5H2,(H,14,15)(H2,12,13,16). The Morgan fingerprint density at radius 2 is 2.19 bits per heavy atom. The van der Waals surface area contributed by atoms with Gasteiger partial charge in [-0.2, -0.15) is 0 Å². The summed E-state index contributed by atoms with van der Waals surface area (Å²) >= 11 is 0. The second-order valence-electron chi connectivity index (χ2n) is 3.22. The quantitative estimate of drug-likeness (QED) is 0.695. The minimum atomic E-state index is -1.05. The number of pyridine rings is 1. The summed E-state index contributed by atoms with van der Waals surface area (Å²) in [5.74, 6) is -1.05. The van der Waals surface area contributed by atoms with E-state index in [1.807, 2.05) is 0 Å². The highest BCUT2D eigenvalue weighted by molar-refractivity contribution is 5.73. The van der Waals surface area contributed by atoms with Crippen molar-refractivity contribution in [2.24, 2.45) is 0 Å². The number of nitrogens with zero attached hydrogens (tertiary/aromatic N) is 1. The molecule has 0 atom stereocenters. The first kappa shape index (κ1) is 10.2. The lowest BCUT2D eigenvalue weighted by molar-refractivity contribution is -0.136. The third-order valence-electron chi connectivity index (χ3n) is 2.13. The SMILES string of the molecule is O=C(O)Cc1c(-c2ccccn2)[nH][nH]c1=O. The van der Waals surface area contributed by atoms with Gasteiger partial charge in [0.1, 0.15) is 0 Å². The average Bonchev–Trinajstić information content (AvgIpc) is 2.61. The van der Waals surface area contributed by atoms with E-state index in [0.717, 1.165) is 0 Å². The molecule has 0 saturated heterocycles. The van der Waals surface area contributed by atoms with Crippen LogP contribution < -0.4 is 5.56 Å². The third-order valence-corrected chi connectivity index (χ3v) is 2.13. The molecule has 0 bridgehead atoms. The second kappa shape index (κ2) is 4.01. The lowest BCUT2D eigenvalue weighted by atomic mass is 10.1. The molecule has 0 radical (unpaired) electrons. The predicted molar refractivity (Wildman–Crippen MR) is 56.0 cm³/mol. The number of aromatic amines is 2. The first-order chi connectivity index (χ1) is 7.68. The highest BCUT2D eigenvalue weighted by Gasteiger charge is 2.15. The van der Waals surface area contributed by atoms with Crippen molar-refractivity contribution in [1.29, 1.82) is 0 Å². The number of hydrogen-bond donors (Lipinski definition) is 3. The Hall–Kier alpha value is -2.37. The smallest absolute Gasteiger partial charge is 0.308 e. The maximum Gasteiger partial charge on any atom is 0.308 e. The fourth-order valence-corrected chi connectivity index (χ4v) is 1.43. The monoisotopic (exact) mass is 219 g/mol. The van der Waals surface area contributed by atoms with Crippen molar-refractivity contribution in [2.45, 2.75) is 6.42 Å². The highest BCUT2D eigenvalue weighted by Crippen LogP contribution is 2.15. The van der Waals surface area contributed by atoms with E-state index in [9.17, 15) is 9.59 Å². The van der Waals surface area contributed by atoms with E-state index in [1.54, 1.807) is 24.4 Å². The zero-order valence-corrected chi connectivity index (χ0v) is 8.23. The molecular weight excluding hydrogens is 210 g/mol. The van der Waals surface area contributed by atoms with Crippen molar-refractivity contribution >= 4 is 5.97 Å². The molecule has 82 valence electrons. The summed E-state index contributed by atoms with van der Waals surface area (Å²) in [6.45, 7) is 0. The Balaban J connectivity index is 2.50. The zero-order valence-electron chi connectivity index (χ0n) is 8.23. The highest BCUT2D eigenvalue weighted by atomic mass is 16.4. The van der Waals surface area contributed by atoms with Gasteiger partial charge in [-0.25, -0.2) is 0 Å². The summed E-state index contributed by atoms with van der Waals surface area (Å²) in [5.41, 5.74) is 0.722. The molecule has 0 aliphatic heterocycles. The van der Waals surface area contributed by atoms with Crippen LogP contribution in [0.25, 0.3) is 11.4 Å². The van der Waals surface area contributed by atoms with Crippen molar-refractivity contribution in [1.82, 2.24) is 15.2 Å². The first-order valence-electron chi connectivity index (χ1n) is 4.61. The number of aliphatic carboxylic acids is 1. The van der Waals surface area contributed by atoms with Crippen molar-refractivity contribution < 1.29 is 9.90 Å². The fourth-order valence-electron chi connectivity index (χ4n) is 1.43. The number of hydrogen-bond acceptors (Lipinski definition) is 3. The summed E-state index contributed by atoms with van der Waals surface area (Å²) in [4.78, 5) is 26.0. The van der Waals surface area contributed by atoms with Crippen LogP contribution in [0.1, 0.15) is 5.56 Å². The lowest BCUT2D eigenvalue weighted by Gasteiger charge is -1.98.